The van der Waals surface area contributed by atoms with Gasteiger partial charge in [-0.3, -0.25) is 14.4 Å². The maximum atomic E-state index is 12.8. The number of benzene rings is 1. The first-order valence-corrected chi connectivity index (χ1v) is 7.46. The smallest absolute Gasteiger partial charge is 0.275 e. The molecule has 1 aromatic heterocycles. The predicted octanol–water partition coefficient (Wildman–Crippen LogP) is 2.60. The van der Waals surface area contributed by atoms with E-state index in [0.29, 0.717) is 11.9 Å². The van der Waals surface area contributed by atoms with Gasteiger partial charge in [0.25, 0.3) is 5.56 Å². The Morgan fingerprint density at radius 2 is 1.96 bits per heavy atom. The minimum absolute atomic E-state index is 0.0430. The molecule has 0 bridgehead atoms. The average molecular weight is 335 g/mol. The maximum Gasteiger partial charge on any atom is 0.275 e. The number of carbonyl (C=O) groups excluding carboxylic acids is 2. The lowest BCUT2D eigenvalue weighted by molar-refractivity contribution is -0.116. The molecule has 1 atom stereocenters. The van der Waals surface area contributed by atoms with Gasteiger partial charge in [0, 0.05) is 0 Å². The van der Waals surface area contributed by atoms with E-state index in [2.05, 4.69) is 28.4 Å². The molecule has 25 heavy (non-hydrogen) atoms. The van der Waals surface area contributed by atoms with E-state index in [0.717, 1.165) is 11.8 Å². The summed E-state index contributed by atoms with van der Waals surface area (Å²) in [6.07, 6.45) is 6.38. The van der Waals surface area contributed by atoms with Crippen molar-refractivity contribution in [1.82, 2.24) is 9.97 Å². The molecule has 0 radical (unpaired) electrons. The van der Waals surface area contributed by atoms with Crippen molar-refractivity contribution >= 4 is 17.9 Å². The first-order chi connectivity index (χ1) is 12.1. The Balaban J connectivity index is 2.41. The van der Waals surface area contributed by atoms with Gasteiger partial charge in [-0.05, 0) is 11.1 Å². The van der Waals surface area contributed by atoms with E-state index in [1.165, 1.54) is 0 Å². The van der Waals surface area contributed by atoms with Crippen molar-refractivity contribution in [3.63, 3.8) is 0 Å². The SMILES string of the molecule is C=CC=C(C=C)C(C(=O)Nc1cnc(C=O)[nH]c1=O)c1ccccc1. The van der Waals surface area contributed by atoms with E-state index < -0.39 is 17.4 Å². The second-order valence-corrected chi connectivity index (χ2v) is 5.07. The standard InChI is InChI=1S/C19H17N3O3/c1-3-8-13(4-2)17(14-9-6-5-7-10-14)19(25)21-15-11-20-16(12-23)22-18(15)24/h3-12,17H,1-2H2,(H,21,25)(H,20,22,24). The Bertz CT molecular complexity index is 882. The molecule has 1 aromatic carbocycles. The minimum atomic E-state index is -0.679. The first kappa shape index (κ1) is 17.8. The molecule has 0 fully saturated rings. The molecule has 2 N–H and O–H groups in total. The number of aromatic nitrogens is 2. The number of rotatable bonds is 7. The van der Waals surface area contributed by atoms with Gasteiger partial charge in [0.15, 0.2) is 12.1 Å². The number of hydrogen-bond donors (Lipinski definition) is 2. The number of aromatic amines is 1. The van der Waals surface area contributed by atoms with Crippen LogP contribution in [0.3, 0.4) is 0 Å². The van der Waals surface area contributed by atoms with Crippen molar-refractivity contribution < 1.29 is 9.59 Å². The topological polar surface area (TPSA) is 91.9 Å². The Labute approximate surface area is 144 Å². The van der Waals surface area contributed by atoms with Crippen molar-refractivity contribution in [2.24, 2.45) is 0 Å². The van der Waals surface area contributed by atoms with Crippen LogP contribution in [-0.2, 0) is 4.79 Å². The van der Waals surface area contributed by atoms with E-state index in [9.17, 15) is 14.4 Å². The monoisotopic (exact) mass is 335 g/mol. The zero-order valence-corrected chi connectivity index (χ0v) is 13.4. The normalized spacial score (nSPS) is 12.1. The molecular formula is C19H17N3O3. The summed E-state index contributed by atoms with van der Waals surface area (Å²) >= 11 is 0. The van der Waals surface area contributed by atoms with E-state index in [-0.39, 0.29) is 11.5 Å². The van der Waals surface area contributed by atoms with Gasteiger partial charge >= 0.3 is 0 Å². The van der Waals surface area contributed by atoms with Gasteiger partial charge in [0.2, 0.25) is 5.91 Å². The Morgan fingerprint density at radius 1 is 1.24 bits per heavy atom. The van der Waals surface area contributed by atoms with Crippen molar-refractivity contribution in [1.29, 1.82) is 0 Å². The number of hydrogen-bond acceptors (Lipinski definition) is 4. The molecule has 0 aliphatic heterocycles. The lowest BCUT2D eigenvalue weighted by atomic mass is 9.89. The van der Waals surface area contributed by atoms with Crippen LogP contribution in [0.25, 0.3) is 0 Å². The molecule has 1 unspecified atom stereocenters. The molecule has 1 heterocycles. The van der Waals surface area contributed by atoms with Crippen LogP contribution >= 0.6 is 0 Å². The molecule has 0 spiro atoms. The molecule has 6 nitrogen and oxygen atoms in total. The zero-order valence-electron chi connectivity index (χ0n) is 13.4. The summed E-state index contributed by atoms with van der Waals surface area (Å²) in [7, 11) is 0. The van der Waals surface area contributed by atoms with Crippen molar-refractivity contribution in [3.8, 4) is 0 Å². The highest BCUT2D eigenvalue weighted by Gasteiger charge is 2.24. The summed E-state index contributed by atoms with van der Waals surface area (Å²) < 4.78 is 0. The van der Waals surface area contributed by atoms with Crippen LogP contribution in [0.1, 0.15) is 22.1 Å². The summed E-state index contributed by atoms with van der Waals surface area (Å²) in [5.74, 6) is -1.21. The highest BCUT2D eigenvalue weighted by molar-refractivity contribution is 5.98. The fourth-order valence-corrected chi connectivity index (χ4v) is 2.32. The number of anilines is 1. The number of H-pyrrole nitrogens is 1. The van der Waals surface area contributed by atoms with Gasteiger partial charge < -0.3 is 10.3 Å². The maximum absolute atomic E-state index is 12.8. The van der Waals surface area contributed by atoms with Crippen LogP contribution in [0, 0.1) is 0 Å². The van der Waals surface area contributed by atoms with Gasteiger partial charge in [0.05, 0.1) is 12.1 Å². The lowest BCUT2D eigenvalue weighted by Crippen LogP contribution is -2.26. The Hall–Kier alpha value is -3.54. The number of aldehydes is 1. The fraction of sp³-hybridized carbons (Fsp3) is 0.0526. The van der Waals surface area contributed by atoms with Gasteiger partial charge in [-0.25, -0.2) is 4.98 Å². The van der Waals surface area contributed by atoms with Crippen LogP contribution < -0.4 is 10.9 Å². The van der Waals surface area contributed by atoms with Gasteiger partial charge in [-0.15, -0.1) is 0 Å². The van der Waals surface area contributed by atoms with E-state index >= 15 is 0 Å². The predicted molar refractivity (Wildman–Crippen MR) is 96.5 cm³/mol. The summed E-state index contributed by atoms with van der Waals surface area (Å²) in [6, 6.07) is 9.09. The van der Waals surface area contributed by atoms with Gasteiger partial charge in [-0.1, -0.05) is 61.7 Å². The molecule has 1 amide bonds. The molecule has 0 aliphatic rings. The fourth-order valence-electron chi connectivity index (χ4n) is 2.32. The van der Waals surface area contributed by atoms with E-state index in [4.69, 9.17) is 0 Å². The first-order valence-electron chi connectivity index (χ1n) is 7.46. The molecule has 0 aliphatic carbocycles. The Kier molecular flexibility index (Phi) is 5.95. The van der Waals surface area contributed by atoms with Crippen molar-refractivity contribution in [2.75, 3.05) is 5.32 Å². The molecular weight excluding hydrogens is 318 g/mol. The third-order valence-corrected chi connectivity index (χ3v) is 3.46. The summed E-state index contributed by atoms with van der Waals surface area (Å²) in [5.41, 5.74) is 0.721. The molecule has 2 aromatic rings. The highest BCUT2D eigenvalue weighted by atomic mass is 16.2. The highest BCUT2D eigenvalue weighted by Crippen LogP contribution is 2.26. The van der Waals surface area contributed by atoms with Gasteiger partial charge in [-0.2, -0.15) is 0 Å². The quantitative estimate of drug-likeness (QED) is 0.601. The summed E-state index contributed by atoms with van der Waals surface area (Å²) in [5, 5.41) is 2.55. The largest absolute Gasteiger partial charge is 0.319 e. The number of carbonyl (C=O) groups is 2. The molecule has 6 heteroatoms. The molecule has 2 rings (SSSR count). The lowest BCUT2D eigenvalue weighted by Gasteiger charge is -2.18. The molecule has 0 saturated heterocycles. The average Bonchev–Trinajstić information content (AvgIpc) is 2.63. The van der Waals surface area contributed by atoms with Crippen molar-refractivity contribution in [3.05, 3.63) is 95.2 Å². The summed E-state index contributed by atoms with van der Waals surface area (Å²) in [6.45, 7) is 7.39. The third-order valence-electron chi connectivity index (χ3n) is 3.46. The number of nitrogens with one attached hydrogen (secondary N) is 2. The Morgan fingerprint density at radius 3 is 2.52 bits per heavy atom. The second-order valence-electron chi connectivity index (χ2n) is 5.07. The molecule has 126 valence electrons. The molecule has 0 saturated carbocycles. The van der Waals surface area contributed by atoms with Crippen molar-refractivity contribution in [2.45, 2.75) is 5.92 Å². The number of allylic oxidation sites excluding steroid dienone is 3. The van der Waals surface area contributed by atoms with E-state index in [1.54, 1.807) is 18.2 Å². The van der Waals surface area contributed by atoms with E-state index in [1.807, 2.05) is 30.3 Å². The van der Waals surface area contributed by atoms with Crippen LogP contribution in [0.15, 0.2) is 78.3 Å². The van der Waals surface area contributed by atoms with Crippen LogP contribution in [-0.4, -0.2) is 22.2 Å². The minimum Gasteiger partial charge on any atom is -0.319 e. The third kappa shape index (κ3) is 4.26. The number of nitrogens with zero attached hydrogens (tertiary/aromatic N) is 1. The number of amides is 1. The van der Waals surface area contributed by atoms with Crippen LogP contribution in [0.4, 0.5) is 5.69 Å². The summed E-state index contributed by atoms with van der Waals surface area (Å²) in [4.78, 5) is 41.4. The van der Waals surface area contributed by atoms with Crippen LogP contribution in [0.5, 0.6) is 0 Å². The van der Waals surface area contributed by atoms with Gasteiger partial charge in [0.1, 0.15) is 5.69 Å². The second kappa shape index (κ2) is 8.35. The van der Waals surface area contributed by atoms with Crippen LogP contribution in [0.2, 0.25) is 0 Å². The zero-order chi connectivity index (χ0) is 18.2.